The summed E-state index contributed by atoms with van der Waals surface area (Å²) in [6, 6.07) is 6.48. The fraction of sp³-hybridized carbons (Fsp3) is 0.529. The molecule has 26 heavy (non-hydrogen) atoms. The van der Waals surface area contributed by atoms with Gasteiger partial charge in [-0.25, -0.2) is 13.2 Å². The van der Waals surface area contributed by atoms with E-state index in [1.165, 1.54) is 4.31 Å². The molecule has 0 aliphatic carbocycles. The van der Waals surface area contributed by atoms with Gasteiger partial charge in [-0.3, -0.25) is 4.79 Å². The topological polar surface area (TPSA) is 96.0 Å². The first-order chi connectivity index (χ1) is 12.3. The van der Waals surface area contributed by atoms with Crippen LogP contribution >= 0.6 is 0 Å². The van der Waals surface area contributed by atoms with Crippen molar-refractivity contribution in [2.24, 2.45) is 0 Å². The Kier molecular flexibility index (Phi) is 7.13. The number of nitrogens with one attached hydrogen (secondary N) is 1. The number of sulfonamides is 1. The molecule has 0 atom stereocenters. The molecule has 1 aliphatic heterocycles. The largest absolute Gasteiger partial charge is 0.462 e. The highest BCUT2D eigenvalue weighted by Gasteiger charge is 2.26. The molecule has 1 fully saturated rings. The molecule has 1 saturated heterocycles. The van der Waals surface area contributed by atoms with E-state index in [4.69, 9.17) is 4.74 Å². The van der Waals surface area contributed by atoms with Crippen LogP contribution in [0.15, 0.2) is 24.3 Å². The Hall–Kier alpha value is -1.97. The molecular formula is C17H25N3O5S. The van der Waals surface area contributed by atoms with E-state index < -0.39 is 21.9 Å². The van der Waals surface area contributed by atoms with Crippen molar-refractivity contribution in [2.75, 3.05) is 50.9 Å². The van der Waals surface area contributed by atoms with Crippen LogP contribution < -0.4 is 5.32 Å². The smallest absolute Gasteiger partial charge is 0.340 e. The van der Waals surface area contributed by atoms with Crippen molar-refractivity contribution >= 4 is 27.6 Å². The van der Waals surface area contributed by atoms with Crippen LogP contribution in [-0.4, -0.2) is 75.1 Å². The molecule has 1 aliphatic rings. The average Bonchev–Trinajstić information content (AvgIpc) is 2.61. The Morgan fingerprint density at radius 1 is 1.15 bits per heavy atom. The number of para-hydroxylation sites is 1. The minimum Gasteiger partial charge on any atom is -0.462 e. The van der Waals surface area contributed by atoms with Gasteiger partial charge in [0, 0.05) is 32.6 Å². The van der Waals surface area contributed by atoms with Gasteiger partial charge in [0.2, 0.25) is 15.9 Å². The number of nitrogens with zero attached hydrogens (tertiary/aromatic N) is 2. The van der Waals surface area contributed by atoms with Crippen LogP contribution in [0.3, 0.4) is 0 Å². The molecule has 144 valence electrons. The highest BCUT2D eigenvalue weighted by atomic mass is 32.2. The average molecular weight is 383 g/mol. The normalized spacial score (nSPS) is 16.2. The van der Waals surface area contributed by atoms with Crippen LogP contribution in [0.1, 0.15) is 23.7 Å². The maximum absolute atomic E-state index is 12.4. The molecule has 0 unspecified atom stereocenters. The Bertz CT molecular complexity index is 743. The molecule has 0 aromatic heterocycles. The molecule has 0 spiro atoms. The summed E-state index contributed by atoms with van der Waals surface area (Å²) in [5.74, 6) is -1.25. The summed E-state index contributed by atoms with van der Waals surface area (Å²) in [5.41, 5.74) is 0.553. The third-order valence-electron chi connectivity index (χ3n) is 4.14. The van der Waals surface area contributed by atoms with Crippen molar-refractivity contribution < 1.29 is 22.7 Å². The summed E-state index contributed by atoms with van der Waals surface area (Å²) >= 11 is 0. The summed E-state index contributed by atoms with van der Waals surface area (Å²) in [6.45, 7) is 4.15. The van der Waals surface area contributed by atoms with Crippen LogP contribution in [0.4, 0.5) is 5.69 Å². The number of anilines is 1. The van der Waals surface area contributed by atoms with Gasteiger partial charge in [-0.05, 0) is 26.1 Å². The van der Waals surface area contributed by atoms with Crippen LogP contribution in [-0.2, 0) is 19.6 Å². The molecular weight excluding hydrogens is 358 g/mol. The van der Waals surface area contributed by atoms with Crippen molar-refractivity contribution in [2.45, 2.75) is 13.3 Å². The quantitative estimate of drug-likeness (QED) is 0.699. The first-order valence-corrected chi connectivity index (χ1v) is 10.2. The minimum atomic E-state index is -3.47. The lowest BCUT2D eigenvalue weighted by Crippen LogP contribution is -2.48. The third kappa shape index (κ3) is 5.52. The number of piperazine rings is 1. The summed E-state index contributed by atoms with van der Waals surface area (Å²) in [5, 5.41) is 2.60. The molecule has 9 heteroatoms. The lowest BCUT2D eigenvalue weighted by molar-refractivity contribution is -0.115. The van der Waals surface area contributed by atoms with Gasteiger partial charge in [-0.1, -0.05) is 12.1 Å². The number of likely N-dealkylation sites (N-methyl/N-ethyl adjacent to an activating group) is 1. The molecule has 1 N–H and O–H groups in total. The maximum atomic E-state index is 12.4. The fourth-order valence-electron chi connectivity index (χ4n) is 2.61. The van der Waals surface area contributed by atoms with Crippen LogP contribution in [0.5, 0.6) is 0 Å². The van der Waals surface area contributed by atoms with Crippen molar-refractivity contribution in [3.63, 3.8) is 0 Å². The second-order valence-electron chi connectivity index (χ2n) is 6.08. The summed E-state index contributed by atoms with van der Waals surface area (Å²) in [4.78, 5) is 26.1. The number of rotatable bonds is 7. The summed E-state index contributed by atoms with van der Waals surface area (Å²) < 4.78 is 31.1. The van der Waals surface area contributed by atoms with Crippen LogP contribution in [0.25, 0.3) is 0 Å². The number of ether oxygens (including phenoxy) is 1. The number of carbonyl (C=O) groups excluding carboxylic acids is 2. The predicted molar refractivity (Wildman–Crippen MR) is 98.5 cm³/mol. The maximum Gasteiger partial charge on any atom is 0.340 e. The van der Waals surface area contributed by atoms with Gasteiger partial charge < -0.3 is 15.0 Å². The van der Waals surface area contributed by atoms with Crippen molar-refractivity contribution in [3.8, 4) is 0 Å². The van der Waals surface area contributed by atoms with Gasteiger partial charge >= 0.3 is 5.97 Å². The van der Waals surface area contributed by atoms with Crippen molar-refractivity contribution in [1.29, 1.82) is 0 Å². The highest BCUT2D eigenvalue weighted by Crippen LogP contribution is 2.17. The zero-order valence-electron chi connectivity index (χ0n) is 15.1. The zero-order valence-corrected chi connectivity index (χ0v) is 15.9. The lowest BCUT2D eigenvalue weighted by atomic mass is 10.1. The van der Waals surface area contributed by atoms with E-state index >= 15 is 0 Å². The van der Waals surface area contributed by atoms with Crippen molar-refractivity contribution in [1.82, 2.24) is 9.21 Å². The predicted octanol–water partition coefficient (Wildman–Crippen LogP) is 0.769. The molecule has 2 rings (SSSR count). The van der Waals surface area contributed by atoms with Gasteiger partial charge in [-0.2, -0.15) is 4.31 Å². The lowest BCUT2D eigenvalue weighted by Gasteiger charge is -2.31. The molecule has 0 saturated carbocycles. The number of esters is 1. The van der Waals surface area contributed by atoms with Gasteiger partial charge in [0.15, 0.2) is 0 Å². The molecule has 1 heterocycles. The molecule has 8 nitrogen and oxygen atoms in total. The van der Waals surface area contributed by atoms with Crippen LogP contribution in [0, 0.1) is 0 Å². The number of hydrogen-bond acceptors (Lipinski definition) is 6. The summed E-state index contributed by atoms with van der Waals surface area (Å²) in [7, 11) is -1.53. The van der Waals surface area contributed by atoms with Crippen molar-refractivity contribution in [3.05, 3.63) is 29.8 Å². The van der Waals surface area contributed by atoms with E-state index in [0.717, 1.165) is 0 Å². The number of amides is 1. The Morgan fingerprint density at radius 3 is 2.46 bits per heavy atom. The number of hydrogen-bond donors (Lipinski definition) is 1. The molecule has 1 amide bonds. The van der Waals surface area contributed by atoms with Gasteiger partial charge in [0.25, 0.3) is 0 Å². The Labute approximate surface area is 154 Å². The standard InChI is InChI=1S/C17H25N3O5S/c1-3-25-17(22)14-6-4-5-7-15(14)18-16(21)8-13-26(23,24)20-11-9-19(2)10-12-20/h4-7H,3,8-13H2,1-2H3,(H,18,21). The van der Waals surface area contributed by atoms with E-state index in [-0.39, 0.29) is 24.3 Å². The van der Waals surface area contributed by atoms with Gasteiger partial charge in [0.1, 0.15) is 0 Å². The molecule has 1 aromatic rings. The van der Waals surface area contributed by atoms with E-state index in [1.807, 2.05) is 7.05 Å². The molecule has 0 radical (unpaired) electrons. The SMILES string of the molecule is CCOC(=O)c1ccccc1NC(=O)CCS(=O)(=O)N1CCN(C)CC1. The van der Waals surface area contributed by atoms with E-state index in [0.29, 0.717) is 31.9 Å². The number of benzene rings is 1. The monoisotopic (exact) mass is 383 g/mol. The second-order valence-corrected chi connectivity index (χ2v) is 8.17. The first-order valence-electron chi connectivity index (χ1n) is 8.56. The fourth-order valence-corrected chi connectivity index (χ4v) is 4.03. The Balaban J connectivity index is 1.94. The first kappa shape index (κ1) is 20.3. The minimum absolute atomic E-state index is 0.175. The molecule has 1 aromatic carbocycles. The Morgan fingerprint density at radius 2 is 1.81 bits per heavy atom. The van der Waals surface area contributed by atoms with E-state index in [9.17, 15) is 18.0 Å². The second kappa shape index (κ2) is 9.11. The van der Waals surface area contributed by atoms with Gasteiger partial charge in [-0.15, -0.1) is 0 Å². The highest BCUT2D eigenvalue weighted by molar-refractivity contribution is 7.89. The summed E-state index contributed by atoms with van der Waals surface area (Å²) in [6.07, 6.45) is -0.175. The molecule has 0 bridgehead atoms. The van der Waals surface area contributed by atoms with Gasteiger partial charge in [0.05, 0.1) is 23.6 Å². The zero-order chi connectivity index (χ0) is 19.2. The third-order valence-corrected chi connectivity index (χ3v) is 6.01. The van der Waals surface area contributed by atoms with E-state index in [2.05, 4.69) is 10.2 Å². The van der Waals surface area contributed by atoms with Crippen LogP contribution in [0.2, 0.25) is 0 Å². The van der Waals surface area contributed by atoms with E-state index in [1.54, 1.807) is 31.2 Å². The number of carbonyl (C=O) groups is 2.